The molecule has 0 aliphatic carbocycles. The van der Waals surface area contributed by atoms with Gasteiger partial charge in [-0.1, -0.05) is 20.3 Å². The fraction of sp³-hybridized carbons (Fsp3) is 0.727. The fourth-order valence-corrected chi connectivity index (χ4v) is 1.83. The van der Waals surface area contributed by atoms with Crippen molar-refractivity contribution in [3.05, 3.63) is 11.4 Å². The first-order valence-corrected chi connectivity index (χ1v) is 5.59. The van der Waals surface area contributed by atoms with Gasteiger partial charge in [0.2, 0.25) is 0 Å². The van der Waals surface area contributed by atoms with Crippen LogP contribution in [0.5, 0.6) is 0 Å². The normalized spacial score (nSPS) is 27.6. The second kappa shape index (κ2) is 5.41. The monoisotopic (exact) mass is 230 g/mol. The molecule has 5 heteroatoms. The number of carbonyl (C=O) groups is 1. The smallest absolute Gasteiger partial charge is 0.325 e. The Balaban J connectivity index is 2.90. The van der Waals surface area contributed by atoms with Crippen LogP contribution in [0.15, 0.2) is 11.4 Å². The first kappa shape index (κ1) is 13.1. The summed E-state index contributed by atoms with van der Waals surface area (Å²) in [6.45, 7) is 4.29. The molecule has 0 radical (unpaired) electrons. The number of aliphatic carboxylic acids is 1. The summed E-state index contributed by atoms with van der Waals surface area (Å²) >= 11 is 0. The van der Waals surface area contributed by atoms with E-state index in [0.29, 0.717) is 18.5 Å². The summed E-state index contributed by atoms with van der Waals surface area (Å²) < 4.78 is 14.0. The number of carboxylic acid groups (broad SMARTS) is 1. The second-order valence-electron chi connectivity index (χ2n) is 4.26. The van der Waals surface area contributed by atoms with E-state index in [4.69, 9.17) is 10.8 Å². The van der Waals surface area contributed by atoms with Crippen molar-refractivity contribution in [2.24, 2.45) is 11.7 Å². The molecule has 3 atom stereocenters. The van der Waals surface area contributed by atoms with E-state index in [-0.39, 0.29) is 5.92 Å². The topological polar surface area (TPSA) is 75.3 Å². The van der Waals surface area contributed by atoms with Crippen molar-refractivity contribution >= 4 is 5.97 Å². The molecule has 1 rings (SSSR count). The van der Waals surface area contributed by atoms with Gasteiger partial charge in [-0.2, -0.15) is 0 Å². The average molecular weight is 230 g/mol. The molecule has 3 unspecified atom stereocenters. The van der Waals surface area contributed by atoms with Crippen LogP contribution in [-0.2, 0) is 4.79 Å². The lowest BCUT2D eigenvalue weighted by Gasteiger charge is -2.19. The summed E-state index contributed by atoms with van der Waals surface area (Å²) in [6, 6.07) is -1.60. The van der Waals surface area contributed by atoms with Gasteiger partial charge in [0.15, 0.2) is 0 Å². The Morgan fingerprint density at radius 1 is 1.75 bits per heavy atom. The molecule has 0 aromatic rings. The van der Waals surface area contributed by atoms with Gasteiger partial charge in [0.05, 0.1) is 6.04 Å². The van der Waals surface area contributed by atoms with Crippen LogP contribution < -0.4 is 11.1 Å². The molecule has 1 aliphatic rings. The third-order valence-electron chi connectivity index (χ3n) is 3.19. The minimum Gasteiger partial charge on any atom is -0.480 e. The minimum absolute atomic E-state index is 0.0162. The summed E-state index contributed by atoms with van der Waals surface area (Å²) in [7, 11) is 0. The molecule has 0 aromatic carbocycles. The van der Waals surface area contributed by atoms with Gasteiger partial charge in [-0.3, -0.25) is 4.79 Å². The van der Waals surface area contributed by atoms with Crippen molar-refractivity contribution in [1.82, 2.24) is 5.32 Å². The quantitative estimate of drug-likeness (QED) is 0.674. The molecule has 0 amide bonds. The summed E-state index contributed by atoms with van der Waals surface area (Å²) in [6.07, 6.45) is 1.19. The molecule has 0 spiro atoms. The molecule has 4 nitrogen and oxygen atoms in total. The maximum Gasteiger partial charge on any atom is 0.325 e. The molecule has 0 saturated carbocycles. The highest BCUT2D eigenvalue weighted by Gasteiger charge is 2.32. The zero-order chi connectivity index (χ0) is 12.3. The van der Waals surface area contributed by atoms with Crippen LogP contribution in [0.25, 0.3) is 0 Å². The Bertz CT molecular complexity index is 304. The first-order chi connectivity index (χ1) is 7.49. The van der Waals surface area contributed by atoms with Crippen LogP contribution >= 0.6 is 0 Å². The highest BCUT2D eigenvalue weighted by atomic mass is 19.1. The van der Waals surface area contributed by atoms with E-state index in [1.807, 2.05) is 13.8 Å². The van der Waals surface area contributed by atoms with Crippen LogP contribution in [-0.4, -0.2) is 29.7 Å². The Morgan fingerprint density at radius 3 is 2.88 bits per heavy atom. The van der Waals surface area contributed by atoms with E-state index in [1.165, 1.54) is 0 Å². The van der Waals surface area contributed by atoms with Crippen LogP contribution in [0, 0.1) is 5.92 Å². The summed E-state index contributed by atoms with van der Waals surface area (Å²) in [5.41, 5.74) is 6.07. The highest BCUT2D eigenvalue weighted by Crippen LogP contribution is 2.25. The molecular formula is C11H19FN2O2. The first-order valence-electron chi connectivity index (χ1n) is 5.59. The van der Waals surface area contributed by atoms with E-state index in [9.17, 15) is 9.18 Å². The van der Waals surface area contributed by atoms with Crippen LogP contribution in [0.1, 0.15) is 26.7 Å². The SMILES string of the molecule is CCC(C)C(N)/C(F)=C1\CCNC1C(=O)O. The van der Waals surface area contributed by atoms with E-state index < -0.39 is 23.9 Å². The van der Waals surface area contributed by atoms with Crippen molar-refractivity contribution in [3.8, 4) is 0 Å². The van der Waals surface area contributed by atoms with E-state index in [0.717, 1.165) is 6.42 Å². The molecule has 4 N–H and O–H groups in total. The van der Waals surface area contributed by atoms with Crippen LogP contribution in [0.3, 0.4) is 0 Å². The third kappa shape index (κ3) is 2.59. The predicted octanol–water partition coefficient (Wildman–Crippen LogP) is 1.03. The zero-order valence-electron chi connectivity index (χ0n) is 9.66. The van der Waals surface area contributed by atoms with Gasteiger partial charge in [-0.05, 0) is 17.9 Å². The minimum atomic E-state index is -1.04. The van der Waals surface area contributed by atoms with E-state index in [2.05, 4.69) is 5.32 Å². The second-order valence-corrected chi connectivity index (χ2v) is 4.26. The summed E-state index contributed by atoms with van der Waals surface area (Å²) in [4.78, 5) is 10.9. The van der Waals surface area contributed by atoms with Gasteiger partial charge in [-0.15, -0.1) is 0 Å². The number of halogens is 1. The van der Waals surface area contributed by atoms with E-state index in [1.54, 1.807) is 0 Å². The molecule has 1 aliphatic heterocycles. The van der Waals surface area contributed by atoms with Gasteiger partial charge in [0.25, 0.3) is 0 Å². The number of rotatable bonds is 4. The summed E-state index contributed by atoms with van der Waals surface area (Å²) in [5, 5.41) is 11.7. The molecule has 16 heavy (non-hydrogen) atoms. The number of hydrogen-bond donors (Lipinski definition) is 3. The van der Waals surface area contributed by atoms with Crippen molar-refractivity contribution in [2.75, 3.05) is 6.54 Å². The average Bonchev–Trinajstić information content (AvgIpc) is 2.74. The lowest BCUT2D eigenvalue weighted by molar-refractivity contribution is -0.138. The number of nitrogens with one attached hydrogen (secondary N) is 1. The van der Waals surface area contributed by atoms with Crippen molar-refractivity contribution < 1.29 is 14.3 Å². The number of carboxylic acids is 1. The van der Waals surface area contributed by atoms with Crippen LogP contribution in [0.2, 0.25) is 0 Å². The van der Waals surface area contributed by atoms with E-state index >= 15 is 0 Å². The molecule has 0 bridgehead atoms. The van der Waals surface area contributed by atoms with Gasteiger partial charge >= 0.3 is 5.97 Å². The molecule has 92 valence electrons. The highest BCUT2D eigenvalue weighted by molar-refractivity contribution is 5.78. The zero-order valence-corrected chi connectivity index (χ0v) is 9.66. The fourth-order valence-electron chi connectivity index (χ4n) is 1.83. The Morgan fingerprint density at radius 2 is 2.38 bits per heavy atom. The largest absolute Gasteiger partial charge is 0.480 e. The Labute approximate surface area is 94.7 Å². The van der Waals surface area contributed by atoms with Crippen molar-refractivity contribution in [2.45, 2.75) is 38.8 Å². The standard InChI is InChI=1S/C11H19FN2O2/c1-3-6(2)9(13)8(12)7-4-5-14-10(7)11(15)16/h6,9-10,14H,3-5,13H2,1-2H3,(H,15,16)/b8-7-. The summed E-state index contributed by atoms with van der Waals surface area (Å²) in [5.74, 6) is -1.48. The predicted molar refractivity (Wildman–Crippen MR) is 59.6 cm³/mol. The lowest BCUT2D eigenvalue weighted by atomic mass is 9.94. The number of hydrogen-bond acceptors (Lipinski definition) is 3. The lowest BCUT2D eigenvalue weighted by Crippen LogP contribution is -2.35. The van der Waals surface area contributed by atoms with Gasteiger partial charge in [0, 0.05) is 6.54 Å². The Hall–Kier alpha value is -0.940. The maximum atomic E-state index is 14.0. The maximum absolute atomic E-state index is 14.0. The molecule has 1 heterocycles. The number of nitrogens with two attached hydrogens (primary N) is 1. The van der Waals surface area contributed by atoms with Gasteiger partial charge < -0.3 is 16.2 Å². The van der Waals surface area contributed by atoms with Gasteiger partial charge in [0.1, 0.15) is 11.9 Å². The van der Waals surface area contributed by atoms with Crippen molar-refractivity contribution in [1.29, 1.82) is 0 Å². The molecule has 1 saturated heterocycles. The van der Waals surface area contributed by atoms with Crippen LogP contribution in [0.4, 0.5) is 4.39 Å². The van der Waals surface area contributed by atoms with Gasteiger partial charge in [-0.25, -0.2) is 4.39 Å². The molecule has 1 fully saturated rings. The molecular weight excluding hydrogens is 211 g/mol. The Kier molecular flexibility index (Phi) is 4.44. The van der Waals surface area contributed by atoms with Crippen molar-refractivity contribution in [3.63, 3.8) is 0 Å². The third-order valence-corrected chi connectivity index (χ3v) is 3.19. The molecule has 0 aromatic heterocycles.